The molecule has 1 nitrogen and oxygen atoms in total. The van der Waals surface area contributed by atoms with Crippen LogP contribution in [0, 0.1) is 0 Å². The van der Waals surface area contributed by atoms with Gasteiger partial charge >= 0.3 is 0 Å². The summed E-state index contributed by atoms with van der Waals surface area (Å²) < 4.78 is 0. The van der Waals surface area contributed by atoms with Crippen LogP contribution in [0.3, 0.4) is 0 Å². The average Bonchev–Trinajstić information content (AvgIpc) is 2.38. The highest BCUT2D eigenvalue weighted by molar-refractivity contribution is 5.78. The van der Waals surface area contributed by atoms with Gasteiger partial charge in [-0.05, 0) is 29.0 Å². The van der Waals surface area contributed by atoms with Gasteiger partial charge in [0.15, 0.2) is 0 Å². The van der Waals surface area contributed by atoms with E-state index < -0.39 is 0 Å². The van der Waals surface area contributed by atoms with Crippen LogP contribution in [-0.2, 0) is 5.41 Å². The van der Waals surface area contributed by atoms with Crippen molar-refractivity contribution in [2.45, 2.75) is 46.0 Å². The summed E-state index contributed by atoms with van der Waals surface area (Å²) in [6, 6.07) is 8.93. The standard InChI is InChI=1S/C19H25N/c1-6-7-18-17(13-8-14(2)20-18)15-9-11-16(12-10-15)19(3,4)5/h8-13,20H,2,6-7H2,1,3-5H3. The van der Waals surface area contributed by atoms with Crippen molar-refractivity contribution < 1.29 is 0 Å². The molecule has 1 aliphatic heterocycles. The number of nitrogens with one attached hydrogen (secondary N) is 1. The predicted molar refractivity (Wildman–Crippen MR) is 88.4 cm³/mol. The van der Waals surface area contributed by atoms with Gasteiger partial charge in [-0.3, -0.25) is 0 Å². The van der Waals surface area contributed by atoms with E-state index >= 15 is 0 Å². The Bertz CT molecular complexity index is 550. The zero-order chi connectivity index (χ0) is 14.8. The molecule has 1 heterocycles. The van der Waals surface area contributed by atoms with Crippen LogP contribution in [0.15, 0.2) is 54.4 Å². The third-order valence-corrected chi connectivity index (χ3v) is 3.65. The van der Waals surface area contributed by atoms with Crippen LogP contribution in [0.5, 0.6) is 0 Å². The third kappa shape index (κ3) is 3.22. The highest BCUT2D eigenvalue weighted by atomic mass is 14.9. The van der Waals surface area contributed by atoms with Gasteiger partial charge in [0.05, 0.1) is 0 Å². The number of hydrogen-bond donors (Lipinski definition) is 1. The minimum atomic E-state index is 0.202. The molecule has 1 aromatic carbocycles. The fourth-order valence-corrected chi connectivity index (χ4v) is 2.45. The van der Waals surface area contributed by atoms with Gasteiger partial charge in [-0.25, -0.2) is 0 Å². The topological polar surface area (TPSA) is 12.0 Å². The maximum absolute atomic E-state index is 3.99. The summed E-state index contributed by atoms with van der Waals surface area (Å²) in [5, 5.41) is 3.41. The molecule has 106 valence electrons. The Kier molecular flexibility index (Phi) is 4.17. The number of rotatable bonds is 3. The molecule has 0 bridgehead atoms. The Balaban J connectivity index is 2.36. The molecule has 1 aromatic rings. The normalized spacial score (nSPS) is 15.5. The lowest BCUT2D eigenvalue weighted by Crippen LogP contribution is -2.16. The van der Waals surface area contributed by atoms with E-state index in [1.807, 2.05) is 6.08 Å². The first kappa shape index (κ1) is 14.6. The Morgan fingerprint density at radius 3 is 2.25 bits per heavy atom. The average molecular weight is 267 g/mol. The van der Waals surface area contributed by atoms with Crippen molar-refractivity contribution >= 4 is 5.57 Å². The zero-order valence-electron chi connectivity index (χ0n) is 13.1. The third-order valence-electron chi connectivity index (χ3n) is 3.65. The van der Waals surface area contributed by atoms with Crippen LogP contribution >= 0.6 is 0 Å². The van der Waals surface area contributed by atoms with Crippen molar-refractivity contribution in [2.75, 3.05) is 0 Å². The second-order valence-corrected chi connectivity index (χ2v) is 6.45. The van der Waals surface area contributed by atoms with Crippen molar-refractivity contribution in [1.82, 2.24) is 5.32 Å². The molecular weight excluding hydrogens is 242 g/mol. The molecule has 0 radical (unpaired) electrons. The number of dihydropyridines is 1. The monoisotopic (exact) mass is 267 g/mol. The summed E-state index contributed by atoms with van der Waals surface area (Å²) in [6.45, 7) is 12.9. The Labute approximate surface area is 123 Å². The molecule has 0 saturated carbocycles. The van der Waals surface area contributed by atoms with Crippen molar-refractivity contribution in [3.8, 4) is 0 Å². The molecule has 0 unspecified atom stereocenters. The lowest BCUT2D eigenvalue weighted by atomic mass is 9.86. The van der Waals surface area contributed by atoms with E-state index in [2.05, 4.69) is 69.9 Å². The molecule has 0 atom stereocenters. The number of allylic oxidation sites excluding steroid dienone is 4. The highest BCUT2D eigenvalue weighted by Gasteiger charge is 2.15. The van der Waals surface area contributed by atoms with E-state index in [4.69, 9.17) is 0 Å². The molecule has 0 saturated heterocycles. The summed E-state index contributed by atoms with van der Waals surface area (Å²) in [7, 11) is 0. The molecule has 20 heavy (non-hydrogen) atoms. The summed E-state index contributed by atoms with van der Waals surface area (Å²) in [5.41, 5.74) is 6.40. The van der Waals surface area contributed by atoms with E-state index in [9.17, 15) is 0 Å². The van der Waals surface area contributed by atoms with Crippen molar-refractivity contribution in [3.05, 3.63) is 65.5 Å². The highest BCUT2D eigenvalue weighted by Crippen LogP contribution is 2.28. The lowest BCUT2D eigenvalue weighted by Gasteiger charge is -2.22. The smallest absolute Gasteiger partial charge is 0.0309 e. The summed E-state index contributed by atoms with van der Waals surface area (Å²) >= 11 is 0. The van der Waals surface area contributed by atoms with Crippen LogP contribution in [0.25, 0.3) is 5.57 Å². The van der Waals surface area contributed by atoms with Gasteiger partial charge in [-0.15, -0.1) is 0 Å². The van der Waals surface area contributed by atoms with Gasteiger partial charge in [0, 0.05) is 17.0 Å². The van der Waals surface area contributed by atoms with Crippen LogP contribution in [0.4, 0.5) is 0 Å². The van der Waals surface area contributed by atoms with Crippen LogP contribution in [0.1, 0.15) is 51.7 Å². The first-order valence-electron chi connectivity index (χ1n) is 7.40. The predicted octanol–water partition coefficient (Wildman–Crippen LogP) is 5.17. The van der Waals surface area contributed by atoms with Gasteiger partial charge in [-0.1, -0.05) is 71.0 Å². The fourth-order valence-electron chi connectivity index (χ4n) is 2.45. The van der Waals surface area contributed by atoms with Gasteiger partial charge in [0.1, 0.15) is 0 Å². The van der Waals surface area contributed by atoms with Crippen LogP contribution in [0.2, 0.25) is 0 Å². The van der Waals surface area contributed by atoms with Crippen LogP contribution < -0.4 is 5.32 Å². The quantitative estimate of drug-likeness (QED) is 0.796. The summed E-state index contributed by atoms with van der Waals surface area (Å²) in [6.07, 6.45) is 6.41. The largest absolute Gasteiger partial charge is 0.359 e. The van der Waals surface area contributed by atoms with Gasteiger partial charge < -0.3 is 5.32 Å². The lowest BCUT2D eigenvalue weighted by molar-refractivity contribution is 0.590. The molecule has 0 aliphatic carbocycles. The molecule has 1 aliphatic rings. The van der Waals surface area contributed by atoms with E-state index in [-0.39, 0.29) is 5.41 Å². The van der Waals surface area contributed by atoms with E-state index in [0.29, 0.717) is 0 Å². The van der Waals surface area contributed by atoms with Gasteiger partial charge in [0.25, 0.3) is 0 Å². The molecule has 0 fully saturated rings. The fraction of sp³-hybridized carbons (Fsp3) is 0.368. The Morgan fingerprint density at radius 2 is 1.70 bits per heavy atom. The maximum Gasteiger partial charge on any atom is 0.0309 e. The molecule has 1 N–H and O–H groups in total. The SMILES string of the molecule is C=C1C=CC(c2ccc(C(C)(C)C)cc2)=C(CCC)N1. The second-order valence-electron chi connectivity index (χ2n) is 6.45. The van der Waals surface area contributed by atoms with Crippen molar-refractivity contribution in [2.24, 2.45) is 0 Å². The van der Waals surface area contributed by atoms with Crippen LogP contribution in [-0.4, -0.2) is 0 Å². The molecule has 0 amide bonds. The minimum Gasteiger partial charge on any atom is -0.359 e. The number of benzene rings is 1. The Morgan fingerprint density at radius 1 is 1.05 bits per heavy atom. The van der Waals surface area contributed by atoms with E-state index in [1.54, 1.807) is 0 Å². The number of hydrogen-bond acceptors (Lipinski definition) is 1. The van der Waals surface area contributed by atoms with Gasteiger partial charge in [0.2, 0.25) is 0 Å². The van der Waals surface area contributed by atoms with E-state index in [0.717, 1.165) is 18.5 Å². The maximum atomic E-state index is 3.99. The van der Waals surface area contributed by atoms with E-state index in [1.165, 1.54) is 22.4 Å². The molecule has 0 spiro atoms. The Hall–Kier alpha value is -1.76. The zero-order valence-corrected chi connectivity index (χ0v) is 13.1. The van der Waals surface area contributed by atoms with Gasteiger partial charge in [-0.2, -0.15) is 0 Å². The molecule has 0 aromatic heterocycles. The molecule has 1 heteroatoms. The first-order chi connectivity index (χ1) is 9.41. The summed E-state index contributed by atoms with van der Waals surface area (Å²) in [5.74, 6) is 0. The summed E-state index contributed by atoms with van der Waals surface area (Å²) in [4.78, 5) is 0. The first-order valence-corrected chi connectivity index (χ1v) is 7.40. The van der Waals surface area contributed by atoms with Crippen molar-refractivity contribution in [3.63, 3.8) is 0 Å². The van der Waals surface area contributed by atoms with Crippen molar-refractivity contribution in [1.29, 1.82) is 0 Å². The minimum absolute atomic E-state index is 0.202. The second kappa shape index (κ2) is 5.70. The molecule has 2 rings (SSSR count). The molecular formula is C19H25N.